The molecule has 0 radical (unpaired) electrons. The summed E-state index contributed by atoms with van der Waals surface area (Å²) in [5.74, 6) is -2.92. The Morgan fingerprint density at radius 2 is 1.68 bits per heavy atom. The summed E-state index contributed by atoms with van der Waals surface area (Å²) in [5, 5.41) is 0. The zero-order valence-corrected chi connectivity index (χ0v) is 17.7. The van der Waals surface area contributed by atoms with Gasteiger partial charge in [-0.25, -0.2) is 8.78 Å². The van der Waals surface area contributed by atoms with E-state index in [1.807, 2.05) is 0 Å². The van der Waals surface area contributed by atoms with Crippen molar-refractivity contribution in [3.63, 3.8) is 0 Å². The highest BCUT2D eigenvalue weighted by atomic mass is 32.2. The van der Waals surface area contributed by atoms with Crippen LogP contribution in [0.2, 0.25) is 0 Å². The molecule has 0 amide bonds. The number of methoxy groups -OCH3 is 1. The lowest BCUT2D eigenvalue weighted by Gasteiger charge is -2.20. The van der Waals surface area contributed by atoms with Gasteiger partial charge in [0.1, 0.15) is 33.4 Å². The molecule has 0 fully saturated rings. The lowest BCUT2D eigenvalue weighted by atomic mass is 10.0. The van der Waals surface area contributed by atoms with Crippen LogP contribution in [0.4, 0.5) is 26.3 Å². The van der Waals surface area contributed by atoms with E-state index >= 15 is 0 Å². The van der Waals surface area contributed by atoms with Crippen LogP contribution >= 0.6 is 0 Å². The lowest BCUT2D eigenvalue weighted by molar-refractivity contribution is -0.253. The SMILES string of the molecule is COc1cc(/C(=N/[S@+]([O-])C(C)(C)C)c2cc(F)cc(OC(F)(F)C(F)F)c2)ccc1F. The van der Waals surface area contributed by atoms with Gasteiger partial charge in [0.15, 0.2) is 11.6 Å². The number of benzene rings is 2. The van der Waals surface area contributed by atoms with Crippen LogP contribution in [0.3, 0.4) is 0 Å². The Balaban J connectivity index is 2.66. The minimum atomic E-state index is -4.87. The monoisotopic (exact) mass is 467 g/mol. The number of hydrogen-bond acceptors (Lipinski definition) is 4. The van der Waals surface area contributed by atoms with Gasteiger partial charge in [-0.1, -0.05) is 4.40 Å². The summed E-state index contributed by atoms with van der Waals surface area (Å²) in [4.78, 5) is 0. The summed E-state index contributed by atoms with van der Waals surface area (Å²) in [7, 11) is 1.20. The Hall–Kier alpha value is -2.40. The van der Waals surface area contributed by atoms with Gasteiger partial charge >= 0.3 is 12.5 Å². The number of hydrogen-bond donors (Lipinski definition) is 0. The van der Waals surface area contributed by atoms with Gasteiger partial charge in [0, 0.05) is 17.2 Å². The maximum Gasteiger partial charge on any atom is 0.461 e. The molecule has 4 nitrogen and oxygen atoms in total. The Labute approximate surface area is 178 Å². The Morgan fingerprint density at radius 3 is 2.23 bits per heavy atom. The quantitative estimate of drug-likeness (QED) is 0.307. The van der Waals surface area contributed by atoms with Crippen molar-refractivity contribution in [2.24, 2.45) is 4.40 Å². The fourth-order valence-corrected chi connectivity index (χ4v) is 2.91. The molecule has 0 aliphatic carbocycles. The molecule has 0 bridgehead atoms. The minimum absolute atomic E-state index is 0.119. The molecule has 1 atom stereocenters. The number of nitrogens with zero attached hydrogens (tertiary/aromatic N) is 1. The molecule has 0 N–H and O–H groups in total. The summed E-state index contributed by atoms with van der Waals surface area (Å²) >= 11 is -1.90. The van der Waals surface area contributed by atoms with Crippen molar-refractivity contribution < 1.29 is 40.4 Å². The summed E-state index contributed by atoms with van der Waals surface area (Å²) in [5.41, 5.74) is -0.254. The number of rotatable bonds is 7. The Morgan fingerprint density at radius 1 is 1.03 bits per heavy atom. The van der Waals surface area contributed by atoms with E-state index in [9.17, 15) is 30.9 Å². The molecule has 0 aliphatic rings. The molecule has 11 heteroatoms. The lowest BCUT2D eigenvalue weighted by Crippen LogP contribution is -2.33. The molecule has 0 spiro atoms. The van der Waals surface area contributed by atoms with Crippen LogP contribution in [0.15, 0.2) is 40.8 Å². The van der Waals surface area contributed by atoms with Crippen LogP contribution in [0.25, 0.3) is 0 Å². The maximum absolute atomic E-state index is 14.1. The standard InChI is InChI=1S/C20H19F6NO3S/c1-19(2,3)31(28)27-17(11-5-6-15(22)16(9-11)29-4)12-7-13(21)10-14(8-12)30-20(25,26)18(23)24/h5-10,18H,1-4H3/b27-17-/t31-/m1/s1. The van der Waals surface area contributed by atoms with E-state index in [0.717, 1.165) is 18.2 Å². The highest BCUT2D eigenvalue weighted by molar-refractivity contribution is 7.91. The topological polar surface area (TPSA) is 53.9 Å². The molecule has 0 aromatic heterocycles. The highest BCUT2D eigenvalue weighted by Crippen LogP contribution is 2.31. The van der Waals surface area contributed by atoms with E-state index in [1.165, 1.54) is 19.2 Å². The van der Waals surface area contributed by atoms with E-state index < -0.39 is 46.0 Å². The minimum Gasteiger partial charge on any atom is -0.591 e. The van der Waals surface area contributed by atoms with E-state index in [0.29, 0.717) is 6.07 Å². The van der Waals surface area contributed by atoms with Crippen LogP contribution in [0, 0.1) is 11.6 Å². The van der Waals surface area contributed by atoms with Crippen LogP contribution in [-0.4, -0.2) is 34.7 Å². The van der Waals surface area contributed by atoms with Crippen molar-refractivity contribution in [1.29, 1.82) is 0 Å². The summed E-state index contributed by atoms with van der Waals surface area (Å²) in [6.45, 7) is 4.83. The largest absolute Gasteiger partial charge is 0.591 e. The van der Waals surface area contributed by atoms with Crippen LogP contribution < -0.4 is 9.47 Å². The average molecular weight is 467 g/mol. The molecule has 170 valence electrons. The third kappa shape index (κ3) is 6.30. The third-order valence-corrected chi connectivity index (χ3v) is 5.17. The molecule has 0 heterocycles. The van der Waals surface area contributed by atoms with Crippen molar-refractivity contribution in [3.05, 3.63) is 59.2 Å². The first kappa shape index (κ1) is 24.9. The van der Waals surface area contributed by atoms with E-state index in [1.54, 1.807) is 20.8 Å². The molecule has 2 aromatic carbocycles. The van der Waals surface area contributed by atoms with Gasteiger partial charge in [-0.2, -0.15) is 17.6 Å². The molecule has 2 rings (SSSR count). The van der Waals surface area contributed by atoms with Crippen molar-refractivity contribution in [3.8, 4) is 11.5 Å². The first-order valence-corrected chi connectivity index (χ1v) is 9.86. The molecular formula is C20H19F6NO3S. The van der Waals surface area contributed by atoms with Gasteiger partial charge in [0.05, 0.1) is 7.11 Å². The predicted molar refractivity (Wildman–Crippen MR) is 104 cm³/mol. The van der Waals surface area contributed by atoms with Gasteiger partial charge in [0.25, 0.3) is 0 Å². The van der Waals surface area contributed by atoms with Crippen molar-refractivity contribution in [2.75, 3.05) is 7.11 Å². The first-order chi connectivity index (χ1) is 14.2. The van der Waals surface area contributed by atoms with Crippen molar-refractivity contribution in [1.82, 2.24) is 0 Å². The van der Waals surface area contributed by atoms with Gasteiger partial charge in [0.2, 0.25) is 0 Å². The van der Waals surface area contributed by atoms with Crippen molar-refractivity contribution >= 4 is 17.1 Å². The number of halogens is 6. The van der Waals surface area contributed by atoms with Crippen LogP contribution in [0.1, 0.15) is 31.9 Å². The van der Waals surface area contributed by atoms with Crippen molar-refractivity contribution in [2.45, 2.75) is 38.1 Å². The fourth-order valence-electron chi connectivity index (χ4n) is 2.26. The summed E-state index contributed by atoms with van der Waals surface area (Å²) < 4.78 is 104. The highest BCUT2D eigenvalue weighted by Gasteiger charge is 2.44. The second-order valence-corrected chi connectivity index (χ2v) is 9.20. The normalized spacial score (nSPS) is 14.0. The molecule has 0 saturated heterocycles. The average Bonchev–Trinajstić information content (AvgIpc) is 2.64. The van der Waals surface area contributed by atoms with Gasteiger partial charge in [-0.3, -0.25) is 0 Å². The molecule has 0 unspecified atom stereocenters. The Bertz CT molecular complexity index is 962. The molecule has 2 aromatic rings. The summed E-state index contributed by atoms with van der Waals surface area (Å²) in [6, 6.07) is 5.63. The van der Waals surface area contributed by atoms with Crippen LogP contribution in [-0.2, 0) is 11.4 Å². The van der Waals surface area contributed by atoms with Gasteiger partial charge in [-0.15, -0.1) is 0 Å². The second kappa shape index (κ2) is 9.39. The fraction of sp³-hybridized carbons (Fsp3) is 0.350. The zero-order valence-electron chi connectivity index (χ0n) is 16.9. The predicted octanol–water partition coefficient (Wildman–Crippen LogP) is 5.51. The smallest absolute Gasteiger partial charge is 0.461 e. The third-order valence-electron chi connectivity index (χ3n) is 3.78. The molecule has 0 saturated carbocycles. The van der Waals surface area contributed by atoms with E-state index in [-0.39, 0.29) is 22.6 Å². The molecule has 0 aliphatic heterocycles. The van der Waals surface area contributed by atoms with Gasteiger partial charge < -0.3 is 14.0 Å². The van der Waals surface area contributed by atoms with Crippen LogP contribution in [0.5, 0.6) is 11.5 Å². The summed E-state index contributed by atoms with van der Waals surface area (Å²) in [6.07, 6.45) is -9.02. The molecule has 31 heavy (non-hydrogen) atoms. The van der Waals surface area contributed by atoms with E-state index in [2.05, 4.69) is 9.13 Å². The zero-order chi connectivity index (χ0) is 23.6. The Kier molecular flexibility index (Phi) is 7.53. The second-order valence-electron chi connectivity index (χ2n) is 7.29. The molecular weight excluding hydrogens is 448 g/mol. The van der Waals surface area contributed by atoms with Gasteiger partial charge in [-0.05, 0) is 51.1 Å². The number of alkyl halides is 4. The number of ether oxygens (including phenoxy) is 2. The van der Waals surface area contributed by atoms with E-state index in [4.69, 9.17) is 4.74 Å². The maximum atomic E-state index is 14.1. The first-order valence-electron chi connectivity index (χ1n) is 8.75.